The van der Waals surface area contributed by atoms with E-state index in [-0.39, 0.29) is 0 Å². The summed E-state index contributed by atoms with van der Waals surface area (Å²) in [6.07, 6.45) is 6.64. The average molecular weight is 286 g/mol. The van der Waals surface area contributed by atoms with E-state index in [0.29, 0.717) is 6.54 Å². The number of rotatable bonds is 6. The zero-order valence-electron chi connectivity index (χ0n) is 12.1. The van der Waals surface area contributed by atoms with Gasteiger partial charge in [0.1, 0.15) is 17.3 Å². The van der Waals surface area contributed by atoms with Gasteiger partial charge < -0.3 is 19.6 Å². The molecule has 0 aliphatic heterocycles. The molecule has 0 saturated heterocycles. The highest BCUT2D eigenvalue weighted by Crippen LogP contribution is 2.17. The van der Waals surface area contributed by atoms with Crippen molar-refractivity contribution in [3.63, 3.8) is 0 Å². The highest BCUT2D eigenvalue weighted by Gasteiger charge is 2.08. The van der Waals surface area contributed by atoms with Crippen LogP contribution in [0.25, 0.3) is 5.65 Å². The maximum Gasteiger partial charge on any atom is 0.180 e. The highest BCUT2D eigenvalue weighted by molar-refractivity contribution is 5.65. The minimum absolute atomic E-state index is 0.546. The van der Waals surface area contributed by atoms with Gasteiger partial charge in [-0.1, -0.05) is 12.1 Å². The zero-order chi connectivity index (χ0) is 14.7. The number of fused-ring (bicyclic) bond motifs is 1. The Morgan fingerprint density at radius 1 is 1.33 bits per heavy atom. The van der Waals surface area contributed by atoms with Crippen LogP contribution in [-0.2, 0) is 6.54 Å². The predicted octanol–water partition coefficient (Wildman–Crippen LogP) is 2.46. The minimum atomic E-state index is 0.546. The first-order chi connectivity index (χ1) is 10.3. The summed E-state index contributed by atoms with van der Waals surface area (Å²) in [5.41, 5.74) is 1.63. The van der Waals surface area contributed by atoms with Gasteiger partial charge in [0.25, 0.3) is 0 Å². The van der Waals surface area contributed by atoms with Gasteiger partial charge in [-0.25, -0.2) is 9.97 Å². The van der Waals surface area contributed by atoms with Crippen LogP contribution in [0.1, 0.15) is 24.8 Å². The van der Waals surface area contributed by atoms with Crippen LogP contribution in [-0.4, -0.2) is 26.1 Å². The van der Waals surface area contributed by atoms with Crippen molar-refractivity contribution in [2.24, 2.45) is 0 Å². The molecule has 3 aromatic heterocycles. The normalized spacial score (nSPS) is 11.0. The SMILES string of the molecule is CCCNc1cn2ccnc2c(NCc2cc(C)on2)n1. The largest absolute Gasteiger partial charge is 0.369 e. The first kappa shape index (κ1) is 13.4. The lowest BCUT2D eigenvalue weighted by molar-refractivity contribution is 0.391. The predicted molar refractivity (Wildman–Crippen MR) is 80.3 cm³/mol. The number of hydrogen-bond acceptors (Lipinski definition) is 6. The molecule has 0 aliphatic rings. The molecule has 0 aliphatic carbocycles. The van der Waals surface area contributed by atoms with Gasteiger partial charge in [0.2, 0.25) is 0 Å². The minimum Gasteiger partial charge on any atom is -0.369 e. The molecule has 0 amide bonds. The Morgan fingerprint density at radius 2 is 2.24 bits per heavy atom. The zero-order valence-corrected chi connectivity index (χ0v) is 12.1. The third-order valence-corrected chi connectivity index (χ3v) is 3.04. The molecular weight excluding hydrogens is 268 g/mol. The van der Waals surface area contributed by atoms with Crippen LogP contribution >= 0.6 is 0 Å². The summed E-state index contributed by atoms with van der Waals surface area (Å²) in [5.74, 6) is 2.34. The van der Waals surface area contributed by atoms with Crippen molar-refractivity contribution in [2.75, 3.05) is 17.2 Å². The van der Waals surface area contributed by atoms with Gasteiger partial charge in [-0.05, 0) is 13.3 Å². The van der Waals surface area contributed by atoms with Gasteiger partial charge in [-0.15, -0.1) is 0 Å². The fourth-order valence-electron chi connectivity index (χ4n) is 2.06. The Kier molecular flexibility index (Phi) is 3.72. The van der Waals surface area contributed by atoms with Gasteiger partial charge in [0.05, 0.1) is 12.7 Å². The lowest BCUT2D eigenvalue weighted by atomic mass is 10.4. The molecular formula is C14H18N6O. The summed E-state index contributed by atoms with van der Waals surface area (Å²) in [4.78, 5) is 8.89. The Labute approximate surface area is 122 Å². The Bertz CT molecular complexity index is 732. The van der Waals surface area contributed by atoms with Crippen LogP contribution in [0.3, 0.4) is 0 Å². The summed E-state index contributed by atoms with van der Waals surface area (Å²) in [5, 5.41) is 10.5. The van der Waals surface area contributed by atoms with Crippen LogP contribution in [0.15, 0.2) is 29.2 Å². The van der Waals surface area contributed by atoms with Crippen molar-refractivity contribution in [3.8, 4) is 0 Å². The molecule has 0 atom stereocenters. The lowest BCUT2D eigenvalue weighted by Gasteiger charge is -2.09. The van der Waals surface area contributed by atoms with Crippen molar-refractivity contribution in [2.45, 2.75) is 26.8 Å². The Morgan fingerprint density at radius 3 is 3.00 bits per heavy atom. The van der Waals surface area contributed by atoms with Crippen LogP contribution in [0.4, 0.5) is 11.6 Å². The van der Waals surface area contributed by atoms with Crippen LogP contribution in [0.5, 0.6) is 0 Å². The molecule has 3 heterocycles. The van der Waals surface area contributed by atoms with E-state index in [0.717, 1.165) is 41.7 Å². The summed E-state index contributed by atoms with van der Waals surface area (Å²) >= 11 is 0. The second-order valence-corrected chi connectivity index (χ2v) is 4.84. The Balaban J connectivity index is 1.83. The van der Waals surface area contributed by atoms with Crippen LogP contribution in [0, 0.1) is 6.92 Å². The molecule has 7 heteroatoms. The van der Waals surface area contributed by atoms with Gasteiger partial charge in [-0.2, -0.15) is 0 Å². The monoisotopic (exact) mass is 286 g/mol. The van der Waals surface area contributed by atoms with Gasteiger partial charge in [-0.3, -0.25) is 0 Å². The van der Waals surface area contributed by atoms with E-state index >= 15 is 0 Å². The number of anilines is 2. The fraction of sp³-hybridized carbons (Fsp3) is 0.357. The molecule has 0 spiro atoms. The molecule has 0 saturated carbocycles. The lowest BCUT2D eigenvalue weighted by Crippen LogP contribution is -2.08. The van der Waals surface area contributed by atoms with E-state index in [9.17, 15) is 0 Å². The van der Waals surface area contributed by atoms with Crippen LogP contribution < -0.4 is 10.6 Å². The molecule has 3 rings (SSSR count). The first-order valence-electron chi connectivity index (χ1n) is 7.00. The van der Waals surface area contributed by atoms with Gasteiger partial charge in [0, 0.05) is 25.0 Å². The topological polar surface area (TPSA) is 80.3 Å². The quantitative estimate of drug-likeness (QED) is 0.724. The smallest absolute Gasteiger partial charge is 0.180 e. The van der Waals surface area contributed by atoms with E-state index < -0.39 is 0 Å². The van der Waals surface area contributed by atoms with E-state index in [2.05, 4.69) is 32.7 Å². The van der Waals surface area contributed by atoms with Crippen molar-refractivity contribution < 1.29 is 4.52 Å². The third kappa shape index (κ3) is 2.96. The molecule has 2 N–H and O–H groups in total. The second-order valence-electron chi connectivity index (χ2n) is 4.84. The molecule has 0 aromatic carbocycles. The number of imidazole rings is 1. The van der Waals surface area contributed by atoms with Crippen molar-refractivity contribution >= 4 is 17.3 Å². The standard InChI is InChI=1S/C14H18N6O/c1-3-4-15-12-9-20-6-5-16-14(20)13(18-12)17-8-11-7-10(2)21-19-11/h5-7,9,15H,3-4,8H2,1-2H3,(H,17,18). The molecule has 0 fully saturated rings. The summed E-state index contributed by atoms with van der Waals surface area (Å²) in [6, 6.07) is 1.90. The summed E-state index contributed by atoms with van der Waals surface area (Å²) in [7, 11) is 0. The first-order valence-corrected chi connectivity index (χ1v) is 7.00. The number of nitrogens with one attached hydrogen (secondary N) is 2. The summed E-state index contributed by atoms with van der Waals surface area (Å²) < 4.78 is 7.00. The average Bonchev–Trinajstić information content (AvgIpc) is 3.11. The van der Waals surface area contributed by atoms with Crippen molar-refractivity contribution in [3.05, 3.63) is 36.1 Å². The summed E-state index contributed by atoms with van der Waals surface area (Å²) in [6.45, 7) is 5.42. The van der Waals surface area contributed by atoms with E-state index in [1.54, 1.807) is 6.20 Å². The second kappa shape index (κ2) is 5.82. The van der Waals surface area contributed by atoms with E-state index in [1.807, 2.05) is 29.8 Å². The maximum atomic E-state index is 5.06. The number of aromatic nitrogens is 4. The number of aryl methyl sites for hydroxylation is 1. The van der Waals surface area contributed by atoms with E-state index in [4.69, 9.17) is 4.52 Å². The number of hydrogen-bond donors (Lipinski definition) is 2. The molecule has 0 radical (unpaired) electrons. The third-order valence-electron chi connectivity index (χ3n) is 3.04. The molecule has 0 unspecified atom stereocenters. The fourth-order valence-corrected chi connectivity index (χ4v) is 2.06. The van der Waals surface area contributed by atoms with E-state index in [1.165, 1.54) is 0 Å². The van der Waals surface area contributed by atoms with Crippen LogP contribution in [0.2, 0.25) is 0 Å². The maximum absolute atomic E-state index is 5.06. The molecule has 7 nitrogen and oxygen atoms in total. The molecule has 110 valence electrons. The Hall–Kier alpha value is -2.57. The highest BCUT2D eigenvalue weighted by atomic mass is 16.5. The molecule has 21 heavy (non-hydrogen) atoms. The van der Waals surface area contributed by atoms with Gasteiger partial charge in [0.15, 0.2) is 11.5 Å². The number of nitrogens with zero attached hydrogens (tertiary/aromatic N) is 4. The molecule has 0 bridgehead atoms. The van der Waals surface area contributed by atoms with Gasteiger partial charge >= 0.3 is 0 Å². The molecule has 3 aromatic rings. The van der Waals surface area contributed by atoms with Crippen molar-refractivity contribution in [1.29, 1.82) is 0 Å². The van der Waals surface area contributed by atoms with Crippen molar-refractivity contribution in [1.82, 2.24) is 19.5 Å².